The maximum absolute atomic E-state index is 12.4. The summed E-state index contributed by atoms with van der Waals surface area (Å²) in [7, 11) is 0. The minimum absolute atomic E-state index is 0. The summed E-state index contributed by atoms with van der Waals surface area (Å²) in [5.41, 5.74) is 0.897. The molecule has 2 rings (SSSR count). The minimum atomic E-state index is -1.24. The van der Waals surface area contributed by atoms with Crippen molar-refractivity contribution in [2.75, 3.05) is 0 Å². The van der Waals surface area contributed by atoms with Crippen LogP contribution < -0.4 is 61.8 Å². The molecule has 0 heterocycles. The van der Waals surface area contributed by atoms with E-state index in [9.17, 15) is 14.7 Å². The first-order valence-electron chi connectivity index (χ1n) is 9.04. The SMILES string of the molecule is CCCCC(CC)C(=O)NC(Cc1cccc2ccccc12)C(=O)[O-].[K+]. The van der Waals surface area contributed by atoms with Crippen molar-refractivity contribution in [1.82, 2.24) is 5.32 Å². The zero-order chi connectivity index (χ0) is 18.2. The summed E-state index contributed by atoms with van der Waals surface area (Å²) in [6.07, 6.45) is 3.70. The van der Waals surface area contributed by atoms with Gasteiger partial charge in [-0.05, 0) is 35.6 Å². The Morgan fingerprint density at radius 3 is 2.42 bits per heavy atom. The van der Waals surface area contributed by atoms with Crippen LogP contribution in [0.1, 0.15) is 45.1 Å². The van der Waals surface area contributed by atoms with Gasteiger partial charge in [0.05, 0.1) is 12.0 Å². The molecule has 0 bridgehead atoms. The summed E-state index contributed by atoms with van der Waals surface area (Å²) in [6, 6.07) is 12.6. The fraction of sp³-hybridized carbons (Fsp3) is 0.429. The largest absolute Gasteiger partial charge is 1.00 e. The average Bonchev–Trinajstić information content (AvgIpc) is 2.62. The van der Waals surface area contributed by atoms with Crippen LogP contribution >= 0.6 is 0 Å². The second kappa shape index (κ2) is 11.9. The molecule has 0 spiro atoms. The number of carboxylic acids is 1. The number of aliphatic carboxylic acids is 1. The normalized spacial score (nSPS) is 12.8. The zero-order valence-electron chi connectivity index (χ0n) is 16.0. The molecule has 0 aliphatic carbocycles. The van der Waals surface area contributed by atoms with Gasteiger partial charge in [-0.15, -0.1) is 0 Å². The van der Waals surface area contributed by atoms with Crippen LogP contribution in [0.4, 0.5) is 0 Å². The fourth-order valence-corrected chi connectivity index (χ4v) is 3.14. The van der Waals surface area contributed by atoms with Crippen LogP contribution in [-0.2, 0) is 16.0 Å². The molecular formula is C21H26KNO3. The maximum Gasteiger partial charge on any atom is 1.00 e. The molecule has 0 aliphatic heterocycles. The third kappa shape index (κ3) is 6.46. The molecule has 26 heavy (non-hydrogen) atoms. The monoisotopic (exact) mass is 379 g/mol. The second-order valence-corrected chi connectivity index (χ2v) is 6.47. The van der Waals surface area contributed by atoms with Crippen molar-refractivity contribution < 1.29 is 66.1 Å². The summed E-state index contributed by atoms with van der Waals surface area (Å²) < 4.78 is 0. The molecule has 0 saturated carbocycles. The molecular weight excluding hydrogens is 353 g/mol. The van der Waals surface area contributed by atoms with Crippen molar-refractivity contribution >= 4 is 22.6 Å². The Balaban J connectivity index is 0.00000338. The molecule has 5 heteroatoms. The fourth-order valence-electron chi connectivity index (χ4n) is 3.14. The molecule has 134 valence electrons. The molecule has 0 radical (unpaired) electrons. The standard InChI is InChI=1S/C21H27NO3.K/c1-3-5-9-15(4-2)20(23)22-19(21(24)25)14-17-12-8-11-16-10-6-7-13-18(16)17;/h6-8,10-13,15,19H,3-5,9,14H2,1-2H3,(H,22,23)(H,24,25);/q;+1/p-1. The predicted octanol–water partition coefficient (Wildman–Crippen LogP) is -0.163. The number of carbonyl (C=O) groups excluding carboxylic acids is 2. The van der Waals surface area contributed by atoms with Gasteiger partial charge in [0, 0.05) is 5.92 Å². The Bertz CT molecular complexity index is 727. The first-order chi connectivity index (χ1) is 12.1. The minimum Gasteiger partial charge on any atom is -0.548 e. The molecule has 0 fully saturated rings. The van der Waals surface area contributed by atoms with Gasteiger partial charge in [-0.25, -0.2) is 0 Å². The van der Waals surface area contributed by atoms with Gasteiger partial charge in [-0.3, -0.25) is 4.79 Å². The third-order valence-corrected chi connectivity index (χ3v) is 4.67. The maximum atomic E-state index is 12.4. The molecule has 1 amide bonds. The number of fused-ring (bicyclic) bond motifs is 1. The number of carbonyl (C=O) groups is 2. The van der Waals surface area contributed by atoms with E-state index in [2.05, 4.69) is 12.2 Å². The van der Waals surface area contributed by atoms with E-state index in [0.717, 1.165) is 35.6 Å². The molecule has 0 aliphatic rings. The van der Waals surface area contributed by atoms with Gasteiger partial charge in [0.25, 0.3) is 0 Å². The molecule has 0 aromatic heterocycles. The van der Waals surface area contributed by atoms with Crippen LogP contribution in [0.5, 0.6) is 0 Å². The quantitative estimate of drug-likeness (QED) is 0.616. The van der Waals surface area contributed by atoms with E-state index < -0.39 is 12.0 Å². The zero-order valence-corrected chi connectivity index (χ0v) is 19.1. The van der Waals surface area contributed by atoms with Gasteiger partial charge in [-0.2, -0.15) is 0 Å². The number of nitrogens with one attached hydrogen (secondary N) is 1. The summed E-state index contributed by atoms with van der Waals surface area (Å²) in [5, 5.41) is 16.3. The van der Waals surface area contributed by atoms with E-state index in [1.807, 2.05) is 49.4 Å². The average molecular weight is 380 g/mol. The smallest absolute Gasteiger partial charge is 0.548 e. The van der Waals surface area contributed by atoms with E-state index in [1.54, 1.807) is 0 Å². The van der Waals surface area contributed by atoms with Crippen LogP contribution in [0.25, 0.3) is 10.8 Å². The number of unbranched alkanes of at least 4 members (excludes halogenated alkanes) is 1. The van der Waals surface area contributed by atoms with Gasteiger partial charge < -0.3 is 15.2 Å². The van der Waals surface area contributed by atoms with E-state index in [0.29, 0.717) is 6.42 Å². The number of hydrogen-bond acceptors (Lipinski definition) is 3. The Morgan fingerprint density at radius 1 is 1.08 bits per heavy atom. The Hall–Kier alpha value is -0.724. The van der Waals surface area contributed by atoms with Crippen LogP contribution in [0, 0.1) is 5.92 Å². The number of carboxylic acid groups (broad SMARTS) is 1. The first-order valence-corrected chi connectivity index (χ1v) is 9.04. The second-order valence-electron chi connectivity index (χ2n) is 6.47. The molecule has 2 aromatic rings. The van der Waals surface area contributed by atoms with E-state index >= 15 is 0 Å². The molecule has 2 atom stereocenters. The summed E-state index contributed by atoms with van der Waals surface area (Å²) in [5.74, 6) is -1.58. The Labute approximate surface area is 198 Å². The molecule has 4 nitrogen and oxygen atoms in total. The van der Waals surface area contributed by atoms with Crippen molar-refractivity contribution in [2.24, 2.45) is 5.92 Å². The molecule has 0 saturated heterocycles. The number of rotatable bonds is 9. The van der Waals surface area contributed by atoms with Crippen molar-refractivity contribution in [3.63, 3.8) is 0 Å². The van der Waals surface area contributed by atoms with E-state index in [4.69, 9.17) is 0 Å². The van der Waals surface area contributed by atoms with Gasteiger partial charge in [0.15, 0.2) is 0 Å². The third-order valence-electron chi connectivity index (χ3n) is 4.67. The van der Waals surface area contributed by atoms with Crippen molar-refractivity contribution in [2.45, 2.75) is 52.0 Å². The van der Waals surface area contributed by atoms with Gasteiger partial charge in [-0.1, -0.05) is 69.2 Å². The first kappa shape index (κ1) is 23.3. The van der Waals surface area contributed by atoms with Crippen molar-refractivity contribution in [3.05, 3.63) is 48.0 Å². The van der Waals surface area contributed by atoms with E-state index in [-0.39, 0.29) is 69.6 Å². The van der Waals surface area contributed by atoms with E-state index in [1.165, 1.54) is 0 Å². The topological polar surface area (TPSA) is 69.2 Å². The number of amides is 1. The summed E-state index contributed by atoms with van der Waals surface area (Å²) >= 11 is 0. The summed E-state index contributed by atoms with van der Waals surface area (Å²) in [4.78, 5) is 24.0. The molecule has 1 N–H and O–H groups in total. The Morgan fingerprint density at radius 2 is 1.77 bits per heavy atom. The molecule has 2 aromatic carbocycles. The Kier molecular flexibility index (Phi) is 10.7. The van der Waals surface area contributed by atoms with Crippen molar-refractivity contribution in [3.8, 4) is 0 Å². The molecule has 2 unspecified atom stereocenters. The van der Waals surface area contributed by atoms with Crippen LogP contribution in [0.3, 0.4) is 0 Å². The summed E-state index contributed by atoms with van der Waals surface area (Å²) in [6.45, 7) is 4.04. The predicted molar refractivity (Wildman–Crippen MR) is 97.9 cm³/mol. The van der Waals surface area contributed by atoms with Gasteiger partial charge >= 0.3 is 51.4 Å². The van der Waals surface area contributed by atoms with Gasteiger partial charge in [0.1, 0.15) is 0 Å². The van der Waals surface area contributed by atoms with Gasteiger partial charge in [0.2, 0.25) is 5.91 Å². The van der Waals surface area contributed by atoms with Crippen LogP contribution in [0.15, 0.2) is 42.5 Å². The van der Waals surface area contributed by atoms with Crippen LogP contribution in [-0.4, -0.2) is 17.9 Å². The van der Waals surface area contributed by atoms with Crippen molar-refractivity contribution in [1.29, 1.82) is 0 Å². The van der Waals surface area contributed by atoms with Crippen LogP contribution in [0.2, 0.25) is 0 Å². The number of benzene rings is 2. The number of hydrogen-bond donors (Lipinski definition) is 1.